The van der Waals surface area contributed by atoms with Crippen molar-refractivity contribution in [2.45, 2.75) is 24.3 Å². The summed E-state index contributed by atoms with van der Waals surface area (Å²) >= 11 is 0. The molecule has 0 amide bonds. The third kappa shape index (κ3) is 2.00. The Hall–Kier alpha value is -1.12. The summed E-state index contributed by atoms with van der Waals surface area (Å²) < 4.78 is 33.0. The number of anilines is 1. The second kappa shape index (κ2) is 4.52. The number of hydrogen-bond acceptors (Lipinski definition) is 5. The predicted octanol–water partition coefficient (Wildman–Crippen LogP) is -0.280. The number of sulfonamides is 1. The highest BCUT2D eigenvalue weighted by molar-refractivity contribution is 7.89. The fourth-order valence-corrected chi connectivity index (χ4v) is 3.95. The van der Waals surface area contributed by atoms with E-state index >= 15 is 0 Å². The van der Waals surface area contributed by atoms with Gasteiger partial charge in [0, 0.05) is 27.2 Å². The van der Waals surface area contributed by atoms with Crippen molar-refractivity contribution in [3.05, 3.63) is 5.69 Å². The smallest absolute Gasteiger partial charge is 0.248 e. The molecule has 102 valence electrons. The molecule has 1 saturated heterocycles. The highest BCUT2D eigenvalue weighted by Gasteiger charge is 2.36. The van der Waals surface area contributed by atoms with Crippen molar-refractivity contribution in [3.8, 4) is 0 Å². The molecule has 0 spiro atoms. The summed E-state index contributed by atoms with van der Waals surface area (Å²) in [6.07, 6.45) is 0.660. The normalized spacial score (nSPS) is 21.6. The molecule has 1 fully saturated rings. The van der Waals surface area contributed by atoms with Gasteiger partial charge in [-0.2, -0.15) is 9.40 Å². The number of nitrogen functional groups attached to an aromatic ring is 1. The van der Waals surface area contributed by atoms with Crippen LogP contribution in [0.4, 0.5) is 5.82 Å². The summed E-state index contributed by atoms with van der Waals surface area (Å²) in [5.41, 5.74) is 6.24. The minimum absolute atomic E-state index is 0.0435. The van der Waals surface area contributed by atoms with Crippen LogP contribution in [0.15, 0.2) is 4.90 Å². The minimum atomic E-state index is -3.58. The van der Waals surface area contributed by atoms with E-state index in [1.54, 1.807) is 21.1 Å². The van der Waals surface area contributed by atoms with Gasteiger partial charge in [-0.3, -0.25) is 4.68 Å². The number of hydrogen-bond donors (Lipinski definition) is 1. The number of aromatic nitrogens is 2. The minimum Gasteiger partial charge on any atom is -0.381 e. The van der Waals surface area contributed by atoms with Crippen molar-refractivity contribution in [2.75, 3.05) is 25.9 Å². The van der Waals surface area contributed by atoms with Crippen molar-refractivity contribution >= 4 is 15.8 Å². The zero-order chi connectivity index (χ0) is 13.5. The summed E-state index contributed by atoms with van der Waals surface area (Å²) in [5, 5.41) is 3.94. The molecule has 2 heterocycles. The number of rotatable bonds is 3. The van der Waals surface area contributed by atoms with Gasteiger partial charge in [0.2, 0.25) is 10.0 Å². The first-order valence-corrected chi connectivity index (χ1v) is 7.14. The van der Waals surface area contributed by atoms with E-state index < -0.39 is 10.0 Å². The molecular formula is C10H18N4O3S. The zero-order valence-corrected chi connectivity index (χ0v) is 11.6. The molecule has 18 heavy (non-hydrogen) atoms. The van der Waals surface area contributed by atoms with E-state index in [1.807, 2.05) is 0 Å². The van der Waals surface area contributed by atoms with Crippen molar-refractivity contribution in [1.29, 1.82) is 0 Å². The van der Waals surface area contributed by atoms with Gasteiger partial charge >= 0.3 is 0 Å². The van der Waals surface area contributed by atoms with Crippen LogP contribution in [0.3, 0.4) is 0 Å². The molecule has 2 N–H and O–H groups in total. The van der Waals surface area contributed by atoms with E-state index in [1.165, 1.54) is 8.99 Å². The molecule has 1 unspecified atom stereocenters. The van der Waals surface area contributed by atoms with Crippen LogP contribution in [0, 0.1) is 6.92 Å². The quantitative estimate of drug-likeness (QED) is 0.818. The fourth-order valence-electron chi connectivity index (χ4n) is 2.17. The number of nitrogens with zero attached hydrogens (tertiary/aromatic N) is 3. The van der Waals surface area contributed by atoms with Gasteiger partial charge in [-0.05, 0) is 13.3 Å². The number of aryl methyl sites for hydroxylation is 1. The van der Waals surface area contributed by atoms with Gasteiger partial charge < -0.3 is 10.5 Å². The van der Waals surface area contributed by atoms with Gasteiger partial charge in [0.15, 0.2) is 5.82 Å². The Balaban J connectivity index is 2.37. The Morgan fingerprint density at radius 1 is 1.50 bits per heavy atom. The second-order valence-electron chi connectivity index (χ2n) is 4.43. The molecule has 0 saturated carbocycles. The van der Waals surface area contributed by atoms with Crippen molar-refractivity contribution in [2.24, 2.45) is 7.05 Å². The molecule has 0 radical (unpaired) electrons. The van der Waals surface area contributed by atoms with E-state index in [0.29, 0.717) is 25.2 Å². The molecule has 1 aliphatic rings. The second-order valence-corrected chi connectivity index (χ2v) is 6.31. The standard InChI is InChI=1S/C10H18N4O3S/c1-7-9(10(11)12-13(7)2)18(15,16)14-5-4-8(6-14)17-3/h8H,4-6H2,1-3H3,(H2,11,12). The number of nitrogens with two attached hydrogens (primary N) is 1. The summed E-state index contributed by atoms with van der Waals surface area (Å²) in [5.74, 6) is 0.0517. The zero-order valence-electron chi connectivity index (χ0n) is 10.8. The topological polar surface area (TPSA) is 90.4 Å². The molecule has 0 aliphatic carbocycles. The van der Waals surface area contributed by atoms with Crippen LogP contribution in [0.2, 0.25) is 0 Å². The Morgan fingerprint density at radius 2 is 2.17 bits per heavy atom. The van der Waals surface area contributed by atoms with Crippen LogP contribution in [0.25, 0.3) is 0 Å². The van der Waals surface area contributed by atoms with Gasteiger partial charge in [-0.1, -0.05) is 0 Å². The predicted molar refractivity (Wildman–Crippen MR) is 66.5 cm³/mol. The first-order valence-electron chi connectivity index (χ1n) is 5.70. The molecule has 0 bridgehead atoms. The summed E-state index contributed by atoms with van der Waals surface area (Å²) in [6, 6.07) is 0. The summed E-state index contributed by atoms with van der Waals surface area (Å²) in [7, 11) is -0.316. The Bertz CT molecular complexity index is 552. The summed E-state index contributed by atoms with van der Waals surface area (Å²) in [4.78, 5) is 0.113. The van der Waals surface area contributed by atoms with Crippen LogP contribution in [-0.4, -0.2) is 48.8 Å². The van der Waals surface area contributed by atoms with Crippen molar-refractivity contribution in [3.63, 3.8) is 0 Å². The van der Waals surface area contributed by atoms with Crippen LogP contribution in [0.1, 0.15) is 12.1 Å². The third-order valence-corrected chi connectivity index (χ3v) is 5.38. The molecule has 1 aromatic heterocycles. The monoisotopic (exact) mass is 274 g/mol. The average Bonchev–Trinajstić information content (AvgIpc) is 2.85. The van der Waals surface area contributed by atoms with Crippen LogP contribution < -0.4 is 5.73 Å². The highest BCUT2D eigenvalue weighted by Crippen LogP contribution is 2.28. The number of ether oxygens (including phenoxy) is 1. The number of methoxy groups -OCH3 is 1. The first kappa shape index (κ1) is 13.3. The highest BCUT2D eigenvalue weighted by atomic mass is 32.2. The van der Waals surface area contributed by atoms with Crippen molar-refractivity contribution in [1.82, 2.24) is 14.1 Å². The lowest BCUT2D eigenvalue weighted by molar-refractivity contribution is 0.115. The third-order valence-electron chi connectivity index (χ3n) is 3.34. The van der Waals surface area contributed by atoms with Gasteiger partial charge in [0.1, 0.15) is 4.90 Å². The van der Waals surface area contributed by atoms with Gasteiger partial charge in [0.05, 0.1) is 11.8 Å². The van der Waals surface area contributed by atoms with Gasteiger partial charge in [0.25, 0.3) is 0 Å². The maximum absolute atomic E-state index is 12.5. The van der Waals surface area contributed by atoms with Crippen LogP contribution in [0.5, 0.6) is 0 Å². The van der Waals surface area contributed by atoms with Crippen LogP contribution >= 0.6 is 0 Å². The van der Waals surface area contributed by atoms with E-state index in [9.17, 15) is 8.42 Å². The van der Waals surface area contributed by atoms with E-state index in [4.69, 9.17) is 10.5 Å². The molecular weight excluding hydrogens is 256 g/mol. The Labute approximate surface area is 107 Å². The van der Waals surface area contributed by atoms with E-state index in [0.717, 1.165) is 0 Å². The lowest BCUT2D eigenvalue weighted by Crippen LogP contribution is -2.30. The van der Waals surface area contributed by atoms with E-state index in [2.05, 4.69) is 5.10 Å². The maximum Gasteiger partial charge on any atom is 0.248 e. The average molecular weight is 274 g/mol. The van der Waals surface area contributed by atoms with Gasteiger partial charge in [-0.25, -0.2) is 8.42 Å². The molecule has 7 nitrogen and oxygen atoms in total. The van der Waals surface area contributed by atoms with Crippen LogP contribution in [-0.2, 0) is 21.8 Å². The molecule has 1 aromatic rings. The molecule has 2 rings (SSSR count). The van der Waals surface area contributed by atoms with E-state index in [-0.39, 0.29) is 16.8 Å². The lowest BCUT2D eigenvalue weighted by atomic mass is 10.3. The molecule has 0 aromatic carbocycles. The van der Waals surface area contributed by atoms with Gasteiger partial charge in [-0.15, -0.1) is 0 Å². The Kier molecular flexibility index (Phi) is 3.35. The SMILES string of the molecule is COC1CCN(S(=O)(=O)c2c(N)nn(C)c2C)C1. The molecule has 1 atom stereocenters. The Morgan fingerprint density at radius 3 is 2.61 bits per heavy atom. The first-order chi connectivity index (χ1) is 8.37. The largest absolute Gasteiger partial charge is 0.381 e. The maximum atomic E-state index is 12.5. The fraction of sp³-hybridized carbons (Fsp3) is 0.700. The summed E-state index contributed by atoms with van der Waals surface area (Å²) in [6.45, 7) is 2.52. The van der Waals surface area contributed by atoms with Crippen molar-refractivity contribution < 1.29 is 13.2 Å². The lowest BCUT2D eigenvalue weighted by Gasteiger charge is -2.16. The molecule has 8 heteroatoms. The molecule has 1 aliphatic heterocycles.